The third-order valence-electron chi connectivity index (χ3n) is 4.39. The lowest BCUT2D eigenvalue weighted by atomic mass is 10.1. The number of halogens is 1. The molecule has 0 radical (unpaired) electrons. The van der Waals surface area contributed by atoms with E-state index in [1.807, 2.05) is 13.0 Å². The second-order valence-corrected chi connectivity index (χ2v) is 6.72. The van der Waals surface area contributed by atoms with Crippen LogP contribution in [0.4, 0.5) is 0 Å². The van der Waals surface area contributed by atoms with Crippen LogP contribution in [-0.2, 0) is 16.0 Å². The Morgan fingerprint density at radius 1 is 1.29 bits per heavy atom. The van der Waals surface area contributed by atoms with E-state index in [2.05, 4.69) is 41.6 Å². The van der Waals surface area contributed by atoms with Gasteiger partial charge in [0.1, 0.15) is 5.75 Å². The molecule has 2 N–H and O–H groups in total. The Balaban J connectivity index is 0.00000392. The number of ether oxygens (including phenoxy) is 3. The van der Waals surface area contributed by atoms with Crippen molar-refractivity contribution in [3.05, 3.63) is 29.3 Å². The number of guanidine groups is 1. The molecule has 1 unspecified atom stereocenters. The fourth-order valence-electron chi connectivity index (χ4n) is 3.01. The molecule has 0 bridgehead atoms. The van der Waals surface area contributed by atoms with Crippen LogP contribution in [0.1, 0.15) is 44.2 Å². The molecule has 1 aliphatic heterocycles. The molecule has 160 valence electrons. The normalized spacial score (nSPS) is 16.5. The monoisotopic (exact) mass is 505 g/mol. The largest absolute Gasteiger partial charge is 0.494 e. The molecule has 1 atom stereocenters. The second-order valence-electron chi connectivity index (χ2n) is 6.72. The summed E-state index contributed by atoms with van der Waals surface area (Å²) < 4.78 is 16.8. The summed E-state index contributed by atoms with van der Waals surface area (Å²) in [5, 5.41) is 6.66. The predicted octanol–water partition coefficient (Wildman–Crippen LogP) is 3.65. The highest BCUT2D eigenvalue weighted by atomic mass is 127. The third kappa shape index (κ3) is 9.43. The Hall–Kier alpha value is -1.06. The zero-order valence-corrected chi connectivity index (χ0v) is 19.8. The molecule has 1 fully saturated rings. The van der Waals surface area contributed by atoms with Gasteiger partial charge in [-0.25, -0.2) is 4.99 Å². The molecule has 0 aromatic heterocycles. The Morgan fingerprint density at radius 3 is 2.82 bits per heavy atom. The van der Waals surface area contributed by atoms with E-state index in [4.69, 9.17) is 14.2 Å². The molecular weight excluding hydrogens is 469 g/mol. The standard InChI is InChI=1S/C21H35N3O3.HI/c1-4-22-21(23-11-7-12-25-16-19-8-6-13-27-19)24-15-18-9-10-20(26-5-2)17(3)14-18;/h9-10,14,19H,4-8,11-13,15-16H2,1-3H3,(H2,22,23,24);1H. The first-order chi connectivity index (χ1) is 13.2. The van der Waals surface area contributed by atoms with Gasteiger partial charge in [0, 0.05) is 26.3 Å². The molecule has 0 saturated carbocycles. The van der Waals surface area contributed by atoms with E-state index in [1.165, 1.54) is 5.56 Å². The van der Waals surface area contributed by atoms with Crippen molar-refractivity contribution in [2.45, 2.75) is 52.7 Å². The first kappa shape index (κ1) is 25.0. The van der Waals surface area contributed by atoms with Gasteiger partial charge in [-0.15, -0.1) is 24.0 Å². The van der Waals surface area contributed by atoms with Gasteiger partial charge in [-0.05, 0) is 57.2 Å². The number of hydrogen-bond acceptors (Lipinski definition) is 4. The molecule has 0 spiro atoms. The lowest BCUT2D eigenvalue weighted by Crippen LogP contribution is -2.38. The van der Waals surface area contributed by atoms with Gasteiger partial charge in [0.25, 0.3) is 0 Å². The van der Waals surface area contributed by atoms with Crippen molar-refractivity contribution in [3.8, 4) is 5.75 Å². The van der Waals surface area contributed by atoms with Crippen LogP contribution in [0.15, 0.2) is 23.2 Å². The average molecular weight is 505 g/mol. The summed E-state index contributed by atoms with van der Waals surface area (Å²) >= 11 is 0. The number of nitrogens with zero attached hydrogens (tertiary/aromatic N) is 1. The van der Waals surface area contributed by atoms with Crippen LogP contribution in [-0.4, -0.2) is 51.6 Å². The maximum absolute atomic E-state index is 5.70. The highest BCUT2D eigenvalue weighted by Gasteiger charge is 2.14. The van der Waals surface area contributed by atoms with Gasteiger partial charge in [0.05, 0.1) is 25.9 Å². The summed E-state index contributed by atoms with van der Waals surface area (Å²) in [4.78, 5) is 4.67. The van der Waals surface area contributed by atoms with E-state index in [1.54, 1.807) is 0 Å². The van der Waals surface area contributed by atoms with E-state index in [0.29, 0.717) is 25.9 Å². The summed E-state index contributed by atoms with van der Waals surface area (Å²) in [6, 6.07) is 6.23. The van der Waals surface area contributed by atoms with Crippen LogP contribution < -0.4 is 15.4 Å². The highest BCUT2D eigenvalue weighted by molar-refractivity contribution is 14.0. The van der Waals surface area contributed by atoms with E-state index in [0.717, 1.165) is 62.8 Å². The maximum Gasteiger partial charge on any atom is 0.191 e. The Bertz CT molecular complexity index is 578. The first-order valence-electron chi connectivity index (χ1n) is 10.2. The molecule has 1 aromatic rings. The Morgan fingerprint density at radius 2 is 2.14 bits per heavy atom. The van der Waals surface area contributed by atoms with Crippen LogP contribution in [0, 0.1) is 6.92 Å². The minimum atomic E-state index is 0. The van der Waals surface area contributed by atoms with Crippen molar-refractivity contribution in [2.75, 3.05) is 39.5 Å². The predicted molar refractivity (Wildman–Crippen MR) is 125 cm³/mol. The van der Waals surface area contributed by atoms with E-state index < -0.39 is 0 Å². The third-order valence-corrected chi connectivity index (χ3v) is 4.39. The molecule has 6 nitrogen and oxygen atoms in total. The Kier molecular flexibility index (Phi) is 13.3. The summed E-state index contributed by atoms with van der Waals surface area (Å²) in [6.07, 6.45) is 3.53. The summed E-state index contributed by atoms with van der Waals surface area (Å²) in [5.41, 5.74) is 2.32. The number of rotatable bonds is 11. The Labute approximate surface area is 186 Å². The average Bonchev–Trinajstić information content (AvgIpc) is 3.18. The molecule has 28 heavy (non-hydrogen) atoms. The molecule has 0 amide bonds. The van der Waals surface area contributed by atoms with Crippen LogP contribution in [0.2, 0.25) is 0 Å². The minimum Gasteiger partial charge on any atom is -0.494 e. The van der Waals surface area contributed by atoms with E-state index in [-0.39, 0.29) is 24.0 Å². The molecule has 2 rings (SSSR count). The zero-order chi connectivity index (χ0) is 19.3. The topological polar surface area (TPSA) is 64.1 Å². The molecule has 1 heterocycles. The molecule has 1 saturated heterocycles. The van der Waals surface area contributed by atoms with Gasteiger partial charge in [-0.1, -0.05) is 12.1 Å². The second kappa shape index (κ2) is 14.9. The summed E-state index contributed by atoms with van der Waals surface area (Å²) in [7, 11) is 0. The van der Waals surface area contributed by atoms with Crippen LogP contribution in [0.5, 0.6) is 5.75 Å². The fourth-order valence-corrected chi connectivity index (χ4v) is 3.01. The van der Waals surface area contributed by atoms with Gasteiger partial charge in [0.2, 0.25) is 0 Å². The van der Waals surface area contributed by atoms with Crippen molar-refractivity contribution < 1.29 is 14.2 Å². The maximum atomic E-state index is 5.70. The highest BCUT2D eigenvalue weighted by Crippen LogP contribution is 2.19. The lowest BCUT2D eigenvalue weighted by molar-refractivity contribution is 0.0168. The first-order valence-corrected chi connectivity index (χ1v) is 10.2. The lowest BCUT2D eigenvalue weighted by Gasteiger charge is -2.13. The smallest absolute Gasteiger partial charge is 0.191 e. The quantitative estimate of drug-likeness (QED) is 0.208. The van der Waals surface area contributed by atoms with Gasteiger partial charge in [0.15, 0.2) is 5.96 Å². The summed E-state index contributed by atoms with van der Waals surface area (Å²) in [6.45, 7) is 11.5. The zero-order valence-electron chi connectivity index (χ0n) is 17.5. The van der Waals surface area contributed by atoms with Gasteiger partial charge < -0.3 is 24.8 Å². The van der Waals surface area contributed by atoms with Gasteiger partial charge in [-0.2, -0.15) is 0 Å². The summed E-state index contributed by atoms with van der Waals surface area (Å²) in [5.74, 6) is 1.78. The van der Waals surface area contributed by atoms with Crippen molar-refractivity contribution >= 4 is 29.9 Å². The van der Waals surface area contributed by atoms with Crippen molar-refractivity contribution in [2.24, 2.45) is 4.99 Å². The van der Waals surface area contributed by atoms with Gasteiger partial charge >= 0.3 is 0 Å². The molecule has 0 aliphatic carbocycles. The fraction of sp³-hybridized carbons (Fsp3) is 0.667. The molecule has 7 heteroatoms. The SMILES string of the molecule is CCNC(=NCc1ccc(OCC)c(C)c1)NCCCOCC1CCCO1.I. The number of nitrogens with one attached hydrogen (secondary N) is 2. The van der Waals surface area contributed by atoms with E-state index in [9.17, 15) is 0 Å². The van der Waals surface area contributed by atoms with Crippen molar-refractivity contribution in [1.29, 1.82) is 0 Å². The molecule has 1 aliphatic rings. The van der Waals surface area contributed by atoms with Crippen LogP contribution in [0.25, 0.3) is 0 Å². The van der Waals surface area contributed by atoms with Crippen molar-refractivity contribution in [1.82, 2.24) is 10.6 Å². The number of aryl methyl sites for hydroxylation is 1. The number of benzene rings is 1. The number of aliphatic imine (C=N–C) groups is 1. The van der Waals surface area contributed by atoms with Gasteiger partial charge in [-0.3, -0.25) is 0 Å². The number of hydrogen-bond donors (Lipinski definition) is 2. The van der Waals surface area contributed by atoms with Crippen LogP contribution >= 0.6 is 24.0 Å². The van der Waals surface area contributed by atoms with Crippen molar-refractivity contribution in [3.63, 3.8) is 0 Å². The van der Waals surface area contributed by atoms with E-state index >= 15 is 0 Å². The molecule has 1 aromatic carbocycles. The minimum absolute atomic E-state index is 0. The molecular formula is C21H36IN3O3. The van der Waals surface area contributed by atoms with Crippen LogP contribution in [0.3, 0.4) is 0 Å².